The fourth-order valence-corrected chi connectivity index (χ4v) is 3.25. The number of hydrogen-bond donors (Lipinski definition) is 1. The number of aromatic nitrogens is 2. The SMILES string of the molecule is COCC(CN)(C1CC1)N1CCn2ccnc2C1. The van der Waals surface area contributed by atoms with Crippen molar-refractivity contribution in [3.63, 3.8) is 0 Å². The van der Waals surface area contributed by atoms with Gasteiger partial charge in [0, 0.05) is 39.1 Å². The Morgan fingerprint density at radius 2 is 2.33 bits per heavy atom. The number of imidazole rings is 1. The molecule has 1 saturated carbocycles. The predicted molar refractivity (Wildman–Crippen MR) is 69.0 cm³/mol. The van der Waals surface area contributed by atoms with Crippen molar-refractivity contribution in [3.8, 4) is 0 Å². The Morgan fingerprint density at radius 1 is 1.50 bits per heavy atom. The van der Waals surface area contributed by atoms with Crippen molar-refractivity contribution in [1.82, 2.24) is 14.5 Å². The van der Waals surface area contributed by atoms with E-state index in [4.69, 9.17) is 10.5 Å². The smallest absolute Gasteiger partial charge is 0.122 e. The summed E-state index contributed by atoms with van der Waals surface area (Å²) in [5, 5.41) is 0. The lowest BCUT2D eigenvalue weighted by Gasteiger charge is -2.45. The van der Waals surface area contributed by atoms with Crippen molar-refractivity contribution in [3.05, 3.63) is 18.2 Å². The zero-order chi connectivity index (χ0) is 12.6. The van der Waals surface area contributed by atoms with Gasteiger partial charge in [0.2, 0.25) is 0 Å². The van der Waals surface area contributed by atoms with Gasteiger partial charge >= 0.3 is 0 Å². The van der Waals surface area contributed by atoms with E-state index in [2.05, 4.69) is 20.6 Å². The van der Waals surface area contributed by atoms with Crippen LogP contribution in [0.4, 0.5) is 0 Å². The molecule has 5 heteroatoms. The Bertz CT molecular complexity index is 415. The van der Waals surface area contributed by atoms with Gasteiger partial charge in [0.25, 0.3) is 0 Å². The fourth-order valence-electron chi connectivity index (χ4n) is 3.25. The molecule has 0 bridgehead atoms. The van der Waals surface area contributed by atoms with Crippen LogP contribution in [-0.2, 0) is 17.8 Å². The number of fused-ring (bicyclic) bond motifs is 1. The quantitative estimate of drug-likeness (QED) is 0.824. The lowest BCUT2D eigenvalue weighted by atomic mass is 9.91. The molecule has 1 aromatic heterocycles. The van der Waals surface area contributed by atoms with E-state index in [1.165, 1.54) is 12.8 Å². The van der Waals surface area contributed by atoms with Gasteiger partial charge in [-0.1, -0.05) is 0 Å². The number of nitrogens with two attached hydrogens (primary N) is 1. The van der Waals surface area contributed by atoms with Crippen molar-refractivity contribution in [2.75, 3.05) is 26.8 Å². The Labute approximate surface area is 108 Å². The van der Waals surface area contributed by atoms with Gasteiger partial charge < -0.3 is 15.0 Å². The summed E-state index contributed by atoms with van der Waals surface area (Å²) in [6.07, 6.45) is 6.51. The summed E-state index contributed by atoms with van der Waals surface area (Å²) in [6, 6.07) is 0. The molecule has 1 atom stereocenters. The molecule has 0 spiro atoms. The van der Waals surface area contributed by atoms with Crippen LogP contribution in [0.2, 0.25) is 0 Å². The molecule has 1 unspecified atom stereocenters. The van der Waals surface area contributed by atoms with Gasteiger partial charge in [0.1, 0.15) is 5.82 Å². The lowest BCUT2D eigenvalue weighted by Crippen LogP contribution is -2.60. The maximum atomic E-state index is 6.11. The number of methoxy groups -OCH3 is 1. The number of hydrogen-bond acceptors (Lipinski definition) is 4. The summed E-state index contributed by atoms with van der Waals surface area (Å²) in [7, 11) is 1.78. The summed E-state index contributed by atoms with van der Waals surface area (Å²) in [5.41, 5.74) is 6.13. The Balaban J connectivity index is 1.83. The molecule has 1 aliphatic heterocycles. The number of rotatable bonds is 5. The van der Waals surface area contributed by atoms with Gasteiger partial charge in [-0.25, -0.2) is 4.98 Å². The largest absolute Gasteiger partial charge is 0.383 e. The molecular formula is C13H22N4O. The van der Waals surface area contributed by atoms with Crippen LogP contribution in [0, 0.1) is 5.92 Å². The average molecular weight is 250 g/mol. The van der Waals surface area contributed by atoms with Crippen LogP contribution in [-0.4, -0.2) is 46.8 Å². The van der Waals surface area contributed by atoms with Crippen LogP contribution in [0.25, 0.3) is 0 Å². The Hall–Kier alpha value is -0.910. The fraction of sp³-hybridized carbons (Fsp3) is 0.769. The summed E-state index contributed by atoms with van der Waals surface area (Å²) < 4.78 is 7.71. The topological polar surface area (TPSA) is 56.3 Å². The van der Waals surface area contributed by atoms with Crippen molar-refractivity contribution < 1.29 is 4.74 Å². The molecule has 1 aliphatic carbocycles. The third-order valence-corrected chi connectivity index (χ3v) is 4.46. The average Bonchev–Trinajstić information content (AvgIpc) is 3.14. The van der Waals surface area contributed by atoms with E-state index >= 15 is 0 Å². The van der Waals surface area contributed by atoms with Gasteiger partial charge in [-0.15, -0.1) is 0 Å². The Kier molecular flexibility index (Phi) is 3.13. The summed E-state index contributed by atoms with van der Waals surface area (Å²) in [6.45, 7) is 4.35. The van der Waals surface area contributed by atoms with Crippen molar-refractivity contribution >= 4 is 0 Å². The van der Waals surface area contributed by atoms with E-state index in [-0.39, 0.29) is 5.54 Å². The second-order valence-electron chi connectivity index (χ2n) is 5.47. The molecule has 100 valence electrons. The van der Waals surface area contributed by atoms with E-state index in [0.717, 1.165) is 32.1 Å². The molecule has 2 heterocycles. The highest BCUT2D eigenvalue weighted by atomic mass is 16.5. The highest BCUT2D eigenvalue weighted by Gasteiger charge is 2.49. The van der Waals surface area contributed by atoms with Gasteiger partial charge in [-0.05, 0) is 18.8 Å². The van der Waals surface area contributed by atoms with E-state index in [9.17, 15) is 0 Å². The molecule has 1 aromatic rings. The van der Waals surface area contributed by atoms with Gasteiger partial charge in [-0.3, -0.25) is 4.90 Å². The van der Waals surface area contributed by atoms with Gasteiger partial charge in [-0.2, -0.15) is 0 Å². The molecule has 0 aromatic carbocycles. The van der Waals surface area contributed by atoms with Gasteiger partial charge in [0.15, 0.2) is 0 Å². The van der Waals surface area contributed by atoms with Gasteiger partial charge in [0.05, 0.1) is 18.7 Å². The maximum absolute atomic E-state index is 6.11. The first-order valence-corrected chi connectivity index (χ1v) is 6.74. The minimum absolute atomic E-state index is 0.0198. The zero-order valence-electron chi connectivity index (χ0n) is 11.0. The number of nitrogens with zero attached hydrogens (tertiary/aromatic N) is 3. The third-order valence-electron chi connectivity index (χ3n) is 4.46. The van der Waals surface area contributed by atoms with Crippen molar-refractivity contribution in [1.29, 1.82) is 0 Å². The molecule has 0 amide bonds. The molecule has 3 rings (SSSR count). The second-order valence-corrected chi connectivity index (χ2v) is 5.47. The first-order valence-electron chi connectivity index (χ1n) is 6.74. The standard InChI is InChI=1S/C13H22N4O/c1-18-10-13(9-14,11-2-3-11)17-7-6-16-5-4-15-12(16)8-17/h4-5,11H,2-3,6-10,14H2,1H3. The zero-order valence-corrected chi connectivity index (χ0v) is 11.0. The molecule has 1 fully saturated rings. The molecule has 0 radical (unpaired) electrons. The normalized spacial score (nSPS) is 23.7. The first kappa shape index (κ1) is 12.1. The van der Waals surface area contributed by atoms with E-state index < -0.39 is 0 Å². The minimum Gasteiger partial charge on any atom is -0.383 e. The van der Waals surface area contributed by atoms with E-state index in [1.54, 1.807) is 7.11 Å². The van der Waals surface area contributed by atoms with Crippen molar-refractivity contribution in [2.45, 2.75) is 31.5 Å². The predicted octanol–water partition coefficient (Wildman–Crippen LogP) is 0.453. The summed E-state index contributed by atoms with van der Waals surface area (Å²) >= 11 is 0. The molecule has 2 aliphatic rings. The monoisotopic (exact) mass is 250 g/mol. The van der Waals surface area contributed by atoms with Crippen LogP contribution in [0.15, 0.2) is 12.4 Å². The maximum Gasteiger partial charge on any atom is 0.122 e. The summed E-state index contributed by atoms with van der Waals surface area (Å²) in [5.74, 6) is 1.85. The lowest BCUT2D eigenvalue weighted by molar-refractivity contribution is -0.0171. The molecule has 18 heavy (non-hydrogen) atoms. The van der Waals surface area contributed by atoms with Crippen LogP contribution >= 0.6 is 0 Å². The van der Waals surface area contributed by atoms with Crippen LogP contribution in [0.3, 0.4) is 0 Å². The van der Waals surface area contributed by atoms with E-state index in [0.29, 0.717) is 12.5 Å². The Morgan fingerprint density at radius 3 is 3.00 bits per heavy atom. The molecular weight excluding hydrogens is 228 g/mol. The molecule has 0 saturated heterocycles. The van der Waals surface area contributed by atoms with Crippen LogP contribution in [0.1, 0.15) is 18.7 Å². The first-order chi connectivity index (χ1) is 8.80. The number of ether oxygens (including phenoxy) is 1. The summed E-state index contributed by atoms with van der Waals surface area (Å²) in [4.78, 5) is 6.93. The third kappa shape index (κ3) is 1.86. The van der Waals surface area contributed by atoms with Crippen LogP contribution in [0.5, 0.6) is 0 Å². The van der Waals surface area contributed by atoms with E-state index in [1.807, 2.05) is 6.20 Å². The van der Waals surface area contributed by atoms with Crippen LogP contribution < -0.4 is 5.73 Å². The molecule has 5 nitrogen and oxygen atoms in total. The highest BCUT2D eigenvalue weighted by Crippen LogP contribution is 2.43. The second kappa shape index (κ2) is 4.64. The highest BCUT2D eigenvalue weighted by molar-refractivity contribution is 5.07. The molecule has 2 N–H and O–H groups in total. The van der Waals surface area contributed by atoms with Crippen molar-refractivity contribution in [2.24, 2.45) is 11.7 Å². The minimum atomic E-state index is 0.0198.